The standard InChI is InChI=1S/C30H35FN4O4/c1-4-14-35-25(20-33-15-9-16-34(18-17-33)28(36)23-12-6-7-13-24(23)31)26(29(37)39-5-2)27(32-30(35)38)22-11-8-10-21(3)19-22/h4,6-8,10-13,19,27H,1,5,9,14-18,20H2,2-3H3,(H,32,38). The first-order valence-electron chi connectivity index (χ1n) is 13.3. The van der Waals surface area contributed by atoms with Gasteiger partial charge in [0.05, 0.1) is 23.8 Å². The number of rotatable bonds is 8. The van der Waals surface area contributed by atoms with Crippen molar-refractivity contribution in [3.63, 3.8) is 0 Å². The molecule has 1 unspecified atom stereocenters. The molecule has 8 nitrogen and oxygen atoms in total. The topological polar surface area (TPSA) is 82.2 Å². The van der Waals surface area contributed by atoms with Crippen LogP contribution in [0.25, 0.3) is 0 Å². The maximum atomic E-state index is 14.3. The third kappa shape index (κ3) is 6.37. The maximum Gasteiger partial charge on any atom is 0.338 e. The van der Waals surface area contributed by atoms with Gasteiger partial charge in [0.25, 0.3) is 5.91 Å². The van der Waals surface area contributed by atoms with Crippen molar-refractivity contribution in [1.29, 1.82) is 0 Å². The number of hydrogen-bond acceptors (Lipinski definition) is 5. The van der Waals surface area contributed by atoms with Gasteiger partial charge in [-0.1, -0.05) is 48.0 Å². The van der Waals surface area contributed by atoms with Crippen LogP contribution in [0.4, 0.5) is 9.18 Å². The van der Waals surface area contributed by atoms with Gasteiger partial charge in [-0.3, -0.25) is 14.6 Å². The zero-order valence-electron chi connectivity index (χ0n) is 22.5. The minimum Gasteiger partial charge on any atom is -0.463 e. The molecule has 1 saturated heterocycles. The lowest BCUT2D eigenvalue weighted by atomic mass is 9.93. The van der Waals surface area contributed by atoms with Crippen LogP contribution in [0, 0.1) is 12.7 Å². The van der Waals surface area contributed by atoms with Crippen LogP contribution < -0.4 is 5.32 Å². The molecule has 206 valence electrons. The number of nitrogens with one attached hydrogen (secondary N) is 1. The molecule has 0 aromatic heterocycles. The van der Waals surface area contributed by atoms with Crippen LogP contribution in [0.3, 0.4) is 0 Å². The molecule has 4 rings (SSSR count). The van der Waals surface area contributed by atoms with Crippen molar-refractivity contribution >= 4 is 17.9 Å². The Bertz CT molecular complexity index is 1280. The SMILES string of the molecule is C=CCN1C(=O)NC(c2cccc(C)c2)C(C(=O)OCC)=C1CN1CCCN(C(=O)c2ccccc2F)CC1. The van der Waals surface area contributed by atoms with E-state index in [-0.39, 0.29) is 30.7 Å². The molecule has 3 amide bonds. The van der Waals surface area contributed by atoms with Crippen molar-refractivity contribution in [2.75, 3.05) is 45.9 Å². The van der Waals surface area contributed by atoms with Crippen molar-refractivity contribution in [1.82, 2.24) is 20.0 Å². The molecule has 9 heteroatoms. The molecule has 0 aliphatic carbocycles. The number of amides is 3. The van der Waals surface area contributed by atoms with E-state index in [1.807, 2.05) is 31.2 Å². The van der Waals surface area contributed by atoms with Gasteiger partial charge in [0.1, 0.15) is 5.82 Å². The third-order valence-corrected chi connectivity index (χ3v) is 6.97. The molecule has 39 heavy (non-hydrogen) atoms. The first-order chi connectivity index (χ1) is 18.8. The fourth-order valence-corrected chi connectivity index (χ4v) is 5.09. The highest BCUT2D eigenvalue weighted by Crippen LogP contribution is 2.32. The van der Waals surface area contributed by atoms with Crippen molar-refractivity contribution < 1.29 is 23.5 Å². The van der Waals surface area contributed by atoms with E-state index in [1.54, 1.807) is 30.0 Å². The summed E-state index contributed by atoms with van der Waals surface area (Å²) in [6.45, 7) is 10.2. The Morgan fingerprint density at radius 3 is 2.64 bits per heavy atom. The molecule has 0 saturated carbocycles. The fourth-order valence-electron chi connectivity index (χ4n) is 5.09. The highest BCUT2D eigenvalue weighted by molar-refractivity contribution is 5.95. The average Bonchev–Trinajstić information content (AvgIpc) is 3.16. The van der Waals surface area contributed by atoms with E-state index in [4.69, 9.17) is 4.74 Å². The predicted molar refractivity (Wildman–Crippen MR) is 146 cm³/mol. The highest BCUT2D eigenvalue weighted by Gasteiger charge is 2.38. The smallest absolute Gasteiger partial charge is 0.338 e. The number of aryl methyl sites for hydroxylation is 1. The van der Waals surface area contributed by atoms with Gasteiger partial charge >= 0.3 is 12.0 Å². The summed E-state index contributed by atoms with van der Waals surface area (Å²) in [6, 6.07) is 12.7. The minimum absolute atomic E-state index is 0.0559. The van der Waals surface area contributed by atoms with Crippen LogP contribution in [0.15, 0.2) is 72.5 Å². The summed E-state index contributed by atoms with van der Waals surface area (Å²) >= 11 is 0. The van der Waals surface area contributed by atoms with Gasteiger partial charge in [-0.05, 0) is 38.0 Å². The minimum atomic E-state index is -0.668. The lowest BCUT2D eigenvalue weighted by Crippen LogP contribution is -2.51. The molecule has 2 aromatic carbocycles. The molecule has 2 heterocycles. The normalized spacial score (nSPS) is 18.4. The van der Waals surface area contributed by atoms with Crippen LogP contribution in [0.1, 0.15) is 40.9 Å². The number of urea groups is 1. The predicted octanol–water partition coefficient (Wildman–Crippen LogP) is 4.05. The molecular formula is C30H35FN4O4. The van der Waals surface area contributed by atoms with Crippen molar-refractivity contribution in [3.05, 3.63) is 95.0 Å². The molecule has 0 radical (unpaired) electrons. The van der Waals surface area contributed by atoms with Gasteiger partial charge in [0.2, 0.25) is 0 Å². The lowest BCUT2D eigenvalue weighted by molar-refractivity contribution is -0.139. The van der Waals surface area contributed by atoms with E-state index in [2.05, 4.69) is 16.8 Å². The molecule has 2 aromatic rings. The quantitative estimate of drug-likeness (QED) is 0.408. The number of nitrogens with zero attached hydrogens (tertiary/aromatic N) is 3. The molecule has 1 fully saturated rings. The van der Waals surface area contributed by atoms with Crippen LogP contribution in [-0.4, -0.2) is 78.5 Å². The largest absolute Gasteiger partial charge is 0.463 e. The van der Waals surface area contributed by atoms with Crippen molar-refractivity contribution in [2.24, 2.45) is 0 Å². The Morgan fingerprint density at radius 2 is 1.92 bits per heavy atom. The Labute approximate surface area is 228 Å². The van der Waals surface area contributed by atoms with E-state index in [1.165, 1.54) is 17.0 Å². The van der Waals surface area contributed by atoms with Gasteiger partial charge in [0, 0.05) is 45.0 Å². The van der Waals surface area contributed by atoms with Gasteiger partial charge in [0.15, 0.2) is 0 Å². The summed E-state index contributed by atoms with van der Waals surface area (Å²) in [5, 5.41) is 2.98. The van der Waals surface area contributed by atoms with Crippen LogP contribution in [-0.2, 0) is 9.53 Å². The zero-order valence-corrected chi connectivity index (χ0v) is 22.5. The zero-order chi connectivity index (χ0) is 27.9. The molecule has 0 bridgehead atoms. The second-order valence-corrected chi connectivity index (χ2v) is 9.68. The first-order valence-corrected chi connectivity index (χ1v) is 13.3. The molecule has 2 aliphatic rings. The van der Waals surface area contributed by atoms with Crippen molar-refractivity contribution in [2.45, 2.75) is 26.3 Å². The number of hydrogen-bond donors (Lipinski definition) is 1. The Balaban J connectivity index is 1.65. The second-order valence-electron chi connectivity index (χ2n) is 9.68. The Kier molecular flexibility index (Phi) is 9.14. The molecular weight excluding hydrogens is 499 g/mol. The first kappa shape index (κ1) is 28.0. The van der Waals surface area contributed by atoms with Crippen LogP contribution in [0.2, 0.25) is 0 Å². The summed E-state index contributed by atoms with van der Waals surface area (Å²) in [7, 11) is 0. The third-order valence-electron chi connectivity index (χ3n) is 6.97. The summed E-state index contributed by atoms with van der Waals surface area (Å²) in [5.41, 5.74) is 2.79. The second kappa shape index (κ2) is 12.7. The molecule has 1 N–H and O–H groups in total. The summed E-state index contributed by atoms with van der Waals surface area (Å²) < 4.78 is 19.7. The number of halogens is 1. The van der Waals surface area contributed by atoms with E-state index in [0.717, 1.165) is 11.1 Å². The lowest BCUT2D eigenvalue weighted by Gasteiger charge is -2.38. The van der Waals surface area contributed by atoms with E-state index < -0.39 is 17.8 Å². The number of esters is 1. The average molecular weight is 535 g/mol. The molecule has 2 aliphatic heterocycles. The Morgan fingerprint density at radius 1 is 1.13 bits per heavy atom. The molecule has 1 atom stereocenters. The summed E-state index contributed by atoms with van der Waals surface area (Å²) in [6.07, 6.45) is 2.28. The van der Waals surface area contributed by atoms with Crippen LogP contribution in [0.5, 0.6) is 0 Å². The van der Waals surface area contributed by atoms with E-state index in [0.29, 0.717) is 50.4 Å². The summed E-state index contributed by atoms with van der Waals surface area (Å²) in [5.74, 6) is -1.37. The van der Waals surface area contributed by atoms with Crippen LogP contribution >= 0.6 is 0 Å². The number of benzene rings is 2. The number of carbonyl (C=O) groups excluding carboxylic acids is 3. The maximum absolute atomic E-state index is 14.3. The van der Waals surface area contributed by atoms with Gasteiger partial charge < -0.3 is 15.0 Å². The van der Waals surface area contributed by atoms with Gasteiger partial charge in [-0.15, -0.1) is 6.58 Å². The number of carbonyl (C=O) groups is 3. The van der Waals surface area contributed by atoms with E-state index in [9.17, 15) is 18.8 Å². The van der Waals surface area contributed by atoms with Crippen molar-refractivity contribution in [3.8, 4) is 0 Å². The molecule has 0 spiro atoms. The highest BCUT2D eigenvalue weighted by atomic mass is 19.1. The Hall–Kier alpha value is -3.98. The monoisotopic (exact) mass is 534 g/mol. The summed E-state index contributed by atoms with van der Waals surface area (Å²) in [4.78, 5) is 45.0. The van der Waals surface area contributed by atoms with E-state index >= 15 is 0 Å². The number of ether oxygens (including phenoxy) is 1. The van der Waals surface area contributed by atoms with Gasteiger partial charge in [-0.2, -0.15) is 0 Å². The fraction of sp³-hybridized carbons (Fsp3) is 0.367. The van der Waals surface area contributed by atoms with Gasteiger partial charge in [-0.25, -0.2) is 14.0 Å².